The van der Waals surface area contributed by atoms with Crippen LogP contribution in [0.1, 0.15) is 90.4 Å². The molecule has 1 N–H and O–H groups in total. The first-order valence-corrected chi connectivity index (χ1v) is 8.04. The van der Waals surface area contributed by atoms with Crippen molar-refractivity contribution in [1.82, 2.24) is 5.73 Å². The molecule has 1 heteroatoms. The topological polar surface area (TPSA) is 23.8 Å². The van der Waals surface area contributed by atoms with E-state index in [1.807, 2.05) is 0 Å². The van der Waals surface area contributed by atoms with Gasteiger partial charge in [0.1, 0.15) is 0 Å². The lowest BCUT2D eigenvalue weighted by Crippen LogP contribution is -2.13. The second-order valence-corrected chi connectivity index (χ2v) is 5.99. The van der Waals surface area contributed by atoms with Crippen LogP contribution in [0.25, 0.3) is 0 Å². The first kappa shape index (κ1) is 15.0. The summed E-state index contributed by atoms with van der Waals surface area (Å²) < 4.78 is 0. The largest absolute Gasteiger partial charge is 0.255 e. The van der Waals surface area contributed by atoms with Gasteiger partial charge in [-0.1, -0.05) is 77.6 Å². The summed E-state index contributed by atoms with van der Waals surface area (Å²) >= 11 is 0. The zero-order valence-corrected chi connectivity index (χ0v) is 11.8. The molecule has 0 spiro atoms. The van der Waals surface area contributed by atoms with Crippen molar-refractivity contribution in [2.24, 2.45) is 5.92 Å². The van der Waals surface area contributed by atoms with Gasteiger partial charge in [-0.05, 0) is 18.8 Å². The Labute approximate surface area is 109 Å². The SMILES string of the molecule is CCCCCCCCCC([NH])CC1CCCC1. The highest BCUT2D eigenvalue weighted by molar-refractivity contribution is 4.73. The van der Waals surface area contributed by atoms with Gasteiger partial charge in [-0.25, -0.2) is 0 Å². The van der Waals surface area contributed by atoms with E-state index >= 15 is 0 Å². The third-order valence-electron chi connectivity index (χ3n) is 4.25. The Bertz CT molecular complexity index is 161. The number of nitrogens with one attached hydrogen (secondary N) is 1. The van der Waals surface area contributed by atoms with Crippen molar-refractivity contribution in [1.29, 1.82) is 0 Å². The number of rotatable bonds is 10. The summed E-state index contributed by atoms with van der Waals surface area (Å²) in [6.07, 6.45) is 17.7. The Morgan fingerprint density at radius 3 is 2.18 bits per heavy atom. The van der Waals surface area contributed by atoms with Crippen LogP contribution in [0.2, 0.25) is 0 Å². The lowest BCUT2D eigenvalue weighted by Gasteiger charge is -2.15. The first-order valence-electron chi connectivity index (χ1n) is 8.04. The molecule has 0 amide bonds. The molecule has 0 saturated heterocycles. The van der Waals surface area contributed by atoms with Crippen molar-refractivity contribution >= 4 is 0 Å². The Kier molecular flexibility index (Phi) is 8.78. The maximum absolute atomic E-state index is 8.08. The quantitative estimate of drug-likeness (QED) is 0.458. The highest BCUT2D eigenvalue weighted by Crippen LogP contribution is 2.29. The Hall–Kier alpha value is -0.0400. The summed E-state index contributed by atoms with van der Waals surface area (Å²) in [6.45, 7) is 2.27. The van der Waals surface area contributed by atoms with Gasteiger partial charge >= 0.3 is 0 Å². The number of hydrogen-bond acceptors (Lipinski definition) is 0. The van der Waals surface area contributed by atoms with E-state index < -0.39 is 0 Å². The van der Waals surface area contributed by atoms with E-state index in [2.05, 4.69) is 6.92 Å². The van der Waals surface area contributed by atoms with Crippen LogP contribution in [0.15, 0.2) is 0 Å². The van der Waals surface area contributed by atoms with Gasteiger partial charge in [0.25, 0.3) is 0 Å². The average Bonchev–Trinajstić information content (AvgIpc) is 2.80. The molecule has 0 aromatic carbocycles. The minimum atomic E-state index is 0.244. The molecule has 0 aliphatic heterocycles. The minimum Gasteiger partial charge on any atom is -0.255 e. The van der Waals surface area contributed by atoms with Gasteiger partial charge in [0.2, 0.25) is 0 Å². The average molecular weight is 238 g/mol. The highest BCUT2D eigenvalue weighted by Gasteiger charge is 2.17. The van der Waals surface area contributed by atoms with Crippen molar-refractivity contribution < 1.29 is 0 Å². The van der Waals surface area contributed by atoms with Crippen LogP contribution in [-0.4, -0.2) is 6.04 Å². The molecule has 1 fully saturated rings. The van der Waals surface area contributed by atoms with Gasteiger partial charge in [0.05, 0.1) is 0 Å². The van der Waals surface area contributed by atoms with Gasteiger partial charge in [0.15, 0.2) is 0 Å². The summed E-state index contributed by atoms with van der Waals surface area (Å²) in [5.41, 5.74) is 8.08. The summed E-state index contributed by atoms with van der Waals surface area (Å²) in [4.78, 5) is 0. The summed E-state index contributed by atoms with van der Waals surface area (Å²) in [5, 5.41) is 0. The molecule has 1 radical (unpaired) electrons. The first-order chi connectivity index (χ1) is 8.33. The van der Waals surface area contributed by atoms with Gasteiger partial charge in [-0.2, -0.15) is 0 Å². The smallest absolute Gasteiger partial charge is 0.0215 e. The zero-order valence-electron chi connectivity index (χ0n) is 11.8. The fourth-order valence-electron chi connectivity index (χ4n) is 3.11. The molecule has 1 unspecified atom stereocenters. The van der Waals surface area contributed by atoms with Crippen LogP contribution in [-0.2, 0) is 0 Å². The van der Waals surface area contributed by atoms with Crippen molar-refractivity contribution in [2.45, 2.75) is 96.4 Å². The van der Waals surface area contributed by atoms with Crippen molar-refractivity contribution in [3.8, 4) is 0 Å². The molecule has 1 aliphatic carbocycles. The molecular weight excluding hydrogens is 206 g/mol. The predicted molar refractivity (Wildman–Crippen MR) is 76.1 cm³/mol. The van der Waals surface area contributed by atoms with E-state index in [4.69, 9.17) is 5.73 Å². The zero-order chi connectivity index (χ0) is 12.3. The fraction of sp³-hybridized carbons (Fsp3) is 1.00. The fourth-order valence-corrected chi connectivity index (χ4v) is 3.11. The lowest BCUT2D eigenvalue weighted by molar-refractivity contribution is 0.407. The molecule has 101 valence electrons. The van der Waals surface area contributed by atoms with E-state index in [1.165, 1.54) is 77.0 Å². The molecule has 1 atom stereocenters. The molecule has 0 heterocycles. The van der Waals surface area contributed by atoms with Gasteiger partial charge in [-0.15, -0.1) is 0 Å². The van der Waals surface area contributed by atoms with E-state index in [0.29, 0.717) is 0 Å². The molecule has 0 aromatic heterocycles. The molecule has 1 nitrogen and oxygen atoms in total. The molecule has 0 bridgehead atoms. The Morgan fingerprint density at radius 1 is 0.941 bits per heavy atom. The second kappa shape index (κ2) is 9.94. The normalized spacial score (nSPS) is 18.7. The van der Waals surface area contributed by atoms with E-state index in [9.17, 15) is 0 Å². The van der Waals surface area contributed by atoms with Crippen molar-refractivity contribution in [2.75, 3.05) is 0 Å². The molecule has 1 aliphatic rings. The van der Waals surface area contributed by atoms with Gasteiger partial charge in [-0.3, -0.25) is 5.73 Å². The summed E-state index contributed by atoms with van der Waals surface area (Å²) in [5.74, 6) is 0.905. The predicted octanol–water partition coefficient (Wildman–Crippen LogP) is 5.36. The maximum Gasteiger partial charge on any atom is 0.0215 e. The molecule has 0 aromatic rings. The van der Waals surface area contributed by atoms with Crippen molar-refractivity contribution in [3.05, 3.63) is 0 Å². The van der Waals surface area contributed by atoms with E-state index in [1.54, 1.807) is 0 Å². The number of hydrogen-bond donors (Lipinski definition) is 0. The molecular formula is C16H32N. The van der Waals surface area contributed by atoms with E-state index in [0.717, 1.165) is 12.3 Å². The van der Waals surface area contributed by atoms with Gasteiger partial charge in [0, 0.05) is 6.04 Å². The molecule has 1 saturated carbocycles. The Morgan fingerprint density at radius 2 is 1.53 bits per heavy atom. The summed E-state index contributed by atoms with van der Waals surface area (Å²) in [6, 6.07) is 0.244. The van der Waals surface area contributed by atoms with E-state index in [-0.39, 0.29) is 6.04 Å². The van der Waals surface area contributed by atoms with Gasteiger partial charge < -0.3 is 0 Å². The minimum absolute atomic E-state index is 0.244. The number of unbranched alkanes of at least 4 members (excludes halogenated alkanes) is 6. The Balaban J connectivity index is 1.84. The third-order valence-corrected chi connectivity index (χ3v) is 4.25. The van der Waals surface area contributed by atoms with Crippen LogP contribution in [0.3, 0.4) is 0 Å². The van der Waals surface area contributed by atoms with Crippen LogP contribution in [0.4, 0.5) is 0 Å². The maximum atomic E-state index is 8.08. The third kappa shape index (κ3) is 7.81. The van der Waals surface area contributed by atoms with Crippen LogP contribution >= 0.6 is 0 Å². The van der Waals surface area contributed by atoms with Crippen LogP contribution < -0.4 is 5.73 Å². The molecule has 1 rings (SSSR count). The highest BCUT2D eigenvalue weighted by atomic mass is 14.6. The lowest BCUT2D eigenvalue weighted by atomic mass is 9.95. The van der Waals surface area contributed by atoms with Crippen molar-refractivity contribution in [3.63, 3.8) is 0 Å². The monoisotopic (exact) mass is 238 g/mol. The second-order valence-electron chi connectivity index (χ2n) is 5.99. The standard InChI is InChI=1S/C16H32N/c1-2-3-4-5-6-7-8-13-16(17)14-15-11-9-10-12-15/h15-17H,2-14H2,1H3. The molecule has 17 heavy (non-hydrogen) atoms. The summed E-state index contributed by atoms with van der Waals surface area (Å²) in [7, 11) is 0. The van der Waals surface area contributed by atoms with Crippen LogP contribution in [0.5, 0.6) is 0 Å². The van der Waals surface area contributed by atoms with Crippen LogP contribution in [0, 0.1) is 5.92 Å².